The molecule has 0 radical (unpaired) electrons. The summed E-state index contributed by atoms with van der Waals surface area (Å²) >= 11 is 0. The third kappa shape index (κ3) is 6.30. The number of ether oxygens (including phenoxy) is 1. The van der Waals surface area contributed by atoms with Gasteiger partial charge in [-0.3, -0.25) is 4.79 Å². The fraction of sp³-hybridized carbons (Fsp3) is 0.0909. The van der Waals surface area contributed by atoms with Gasteiger partial charge in [0.2, 0.25) is 0 Å². The average molecular weight is 537 g/mol. The SMILES string of the molecule is Cc1cccc(COc2cccc(C(F)(F)F)c2-c2nc(-c3ccc(C#Cc4ccccc4)cc3)cc(=O)[nH]2)c1. The van der Waals surface area contributed by atoms with Crippen molar-refractivity contribution < 1.29 is 17.9 Å². The van der Waals surface area contributed by atoms with Crippen LogP contribution in [-0.4, -0.2) is 9.97 Å². The van der Waals surface area contributed by atoms with Crippen molar-refractivity contribution in [3.05, 3.63) is 141 Å². The molecule has 0 aliphatic carbocycles. The third-order valence-corrected chi connectivity index (χ3v) is 6.09. The summed E-state index contributed by atoms with van der Waals surface area (Å²) in [7, 11) is 0. The topological polar surface area (TPSA) is 55.0 Å². The van der Waals surface area contributed by atoms with Crippen molar-refractivity contribution in [2.75, 3.05) is 0 Å². The number of benzene rings is 4. The number of hydrogen-bond donors (Lipinski definition) is 1. The van der Waals surface area contributed by atoms with Gasteiger partial charge in [0.05, 0.1) is 16.8 Å². The van der Waals surface area contributed by atoms with Gasteiger partial charge in [-0.1, -0.05) is 78.1 Å². The zero-order valence-electron chi connectivity index (χ0n) is 21.4. The number of halogens is 3. The van der Waals surface area contributed by atoms with E-state index >= 15 is 0 Å². The van der Waals surface area contributed by atoms with Crippen molar-refractivity contribution in [2.45, 2.75) is 19.7 Å². The van der Waals surface area contributed by atoms with Gasteiger partial charge < -0.3 is 9.72 Å². The lowest BCUT2D eigenvalue weighted by Gasteiger charge is -2.17. The van der Waals surface area contributed by atoms with Crippen molar-refractivity contribution in [1.82, 2.24) is 9.97 Å². The van der Waals surface area contributed by atoms with Crippen LogP contribution in [0.5, 0.6) is 5.75 Å². The second kappa shape index (κ2) is 11.3. The third-order valence-electron chi connectivity index (χ3n) is 6.09. The minimum absolute atomic E-state index is 0.0387. The number of nitrogens with zero attached hydrogens (tertiary/aromatic N) is 1. The lowest BCUT2D eigenvalue weighted by atomic mass is 10.0. The van der Waals surface area contributed by atoms with Gasteiger partial charge in [-0.25, -0.2) is 4.98 Å². The molecule has 0 aliphatic heterocycles. The van der Waals surface area contributed by atoms with Crippen LogP contribution >= 0.6 is 0 Å². The number of H-pyrrole nitrogens is 1. The van der Waals surface area contributed by atoms with Crippen LogP contribution in [0.3, 0.4) is 0 Å². The van der Waals surface area contributed by atoms with E-state index in [1.165, 1.54) is 18.2 Å². The van der Waals surface area contributed by atoms with Gasteiger partial charge >= 0.3 is 6.18 Å². The van der Waals surface area contributed by atoms with E-state index in [0.717, 1.165) is 28.3 Å². The molecule has 5 rings (SSSR count). The number of hydrogen-bond acceptors (Lipinski definition) is 3. The van der Waals surface area contributed by atoms with E-state index < -0.39 is 17.3 Å². The molecule has 0 saturated heterocycles. The quantitative estimate of drug-likeness (QED) is 0.238. The number of aromatic nitrogens is 2. The second-order valence-electron chi connectivity index (χ2n) is 9.13. The molecular weight excluding hydrogens is 513 g/mol. The van der Waals surface area contributed by atoms with E-state index in [1.54, 1.807) is 24.3 Å². The summed E-state index contributed by atoms with van der Waals surface area (Å²) in [5.74, 6) is 5.87. The smallest absolute Gasteiger partial charge is 0.417 e. The Hall–Kier alpha value is -5.09. The lowest BCUT2D eigenvalue weighted by molar-refractivity contribution is -0.137. The summed E-state index contributed by atoms with van der Waals surface area (Å²) in [5, 5.41) is 0. The Balaban J connectivity index is 1.51. The largest absolute Gasteiger partial charge is 0.488 e. The first-order chi connectivity index (χ1) is 19.3. The van der Waals surface area contributed by atoms with Crippen LogP contribution in [0.4, 0.5) is 13.2 Å². The molecule has 0 amide bonds. The summed E-state index contributed by atoms with van der Waals surface area (Å²) in [4.78, 5) is 19.5. The molecule has 1 heterocycles. The molecule has 0 aliphatic rings. The Morgan fingerprint density at radius 1 is 0.825 bits per heavy atom. The molecule has 0 atom stereocenters. The molecule has 0 spiro atoms. The molecule has 4 nitrogen and oxygen atoms in total. The molecule has 0 saturated carbocycles. The van der Waals surface area contributed by atoms with Crippen LogP contribution in [0.2, 0.25) is 0 Å². The van der Waals surface area contributed by atoms with Gasteiger partial charge in [0.15, 0.2) is 0 Å². The number of rotatable bonds is 5. The standard InChI is InChI=1S/C33H23F3N2O2/c1-22-7-5-10-25(19-22)21-40-29-12-6-11-27(33(34,35)36)31(29)32-37-28(20-30(39)38-32)26-17-15-24(16-18-26)14-13-23-8-3-2-4-9-23/h2-12,15-20H,21H2,1H3,(H,37,38,39). The molecule has 40 heavy (non-hydrogen) atoms. The lowest BCUT2D eigenvalue weighted by Crippen LogP contribution is -2.14. The van der Waals surface area contributed by atoms with Gasteiger partial charge in [0, 0.05) is 22.8 Å². The summed E-state index contributed by atoms with van der Waals surface area (Å²) in [5.41, 5.74) is 2.33. The van der Waals surface area contributed by atoms with E-state index in [1.807, 2.05) is 61.5 Å². The molecule has 1 N–H and O–H groups in total. The van der Waals surface area contributed by atoms with Crippen molar-refractivity contribution in [1.29, 1.82) is 0 Å². The van der Waals surface area contributed by atoms with Gasteiger partial charge in [-0.05, 0) is 48.9 Å². The Kier molecular flexibility index (Phi) is 7.52. The predicted octanol–water partition coefficient (Wildman–Crippen LogP) is 7.41. The summed E-state index contributed by atoms with van der Waals surface area (Å²) < 4.78 is 48.2. The van der Waals surface area contributed by atoms with Crippen molar-refractivity contribution in [2.24, 2.45) is 0 Å². The molecule has 5 aromatic rings. The average Bonchev–Trinajstić information content (AvgIpc) is 2.95. The molecule has 198 valence electrons. The van der Waals surface area contributed by atoms with E-state index in [0.29, 0.717) is 5.56 Å². The highest BCUT2D eigenvalue weighted by molar-refractivity contribution is 5.72. The molecule has 0 unspecified atom stereocenters. The highest BCUT2D eigenvalue weighted by Gasteiger charge is 2.36. The van der Waals surface area contributed by atoms with Crippen LogP contribution in [0.1, 0.15) is 27.8 Å². The minimum Gasteiger partial charge on any atom is -0.488 e. The van der Waals surface area contributed by atoms with Gasteiger partial charge in [0.1, 0.15) is 18.2 Å². The first-order valence-electron chi connectivity index (χ1n) is 12.4. The van der Waals surface area contributed by atoms with Crippen LogP contribution < -0.4 is 10.3 Å². The fourth-order valence-corrected chi connectivity index (χ4v) is 4.21. The maximum atomic E-state index is 14.1. The van der Waals surface area contributed by atoms with Crippen molar-refractivity contribution in [3.8, 4) is 40.2 Å². The number of alkyl halides is 3. The van der Waals surface area contributed by atoms with Crippen LogP contribution in [0.25, 0.3) is 22.6 Å². The fourth-order valence-electron chi connectivity index (χ4n) is 4.21. The van der Waals surface area contributed by atoms with Crippen LogP contribution in [0.15, 0.2) is 108 Å². The number of aryl methyl sites for hydroxylation is 1. The zero-order valence-corrected chi connectivity index (χ0v) is 21.4. The Bertz CT molecular complexity index is 1760. The van der Waals surface area contributed by atoms with Gasteiger partial charge in [0.25, 0.3) is 5.56 Å². The predicted molar refractivity (Wildman–Crippen MR) is 149 cm³/mol. The monoisotopic (exact) mass is 536 g/mol. The van der Waals surface area contributed by atoms with Crippen molar-refractivity contribution >= 4 is 0 Å². The summed E-state index contributed by atoms with van der Waals surface area (Å²) in [6.45, 7) is 1.97. The Morgan fingerprint density at radius 3 is 2.23 bits per heavy atom. The van der Waals surface area contributed by atoms with E-state index in [9.17, 15) is 18.0 Å². The van der Waals surface area contributed by atoms with E-state index in [2.05, 4.69) is 21.8 Å². The Morgan fingerprint density at radius 2 is 1.52 bits per heavy atom. The van der Waals surface area contributed by atoms with Gasteiger partial charge in [-0.2, -0.15) is 13.2 Å². The van der Waals surface area contributed by atoms with Crippen molar-refractivity contribution in [3.63, 3.8) is 0 Å². The maximum Gasteiger partial charge on any atom is 0.417 e. The molecule has 7 heteroatoms. The Labute approximate surface area is 229 Å². The number of nitrogens with one attached hydrogen (secondary N) is 1. The zero-order chi connectivity index (χ0) is 28.1. The molecule has 0 fully saturated rings. The maximum absolute atomic E-state index is 14.1. The highest BCUT2D eigenvalue weighted by Crippen LogP contribution is 2.41. The van der Waals surface area contributed by atoms with E-state index in [4.69, 9.17) is 4.74 Å². The molecular formula is C33H23F3N2O2. The van der Waals surface area contributed by atoms with Gasteiger partial charge in [-0.15, -0.1) is 0 Å². The van der Waals surface area contributed by atoms with Crippen LogP contribution in [-0.2, 0) is 12.8 Å². The van der Waals surface area contributed by atoms with Crippen LogP contribution in [0, 0.1) is 18.8 Å². The molecule has 4 aromatic carbocycles. The highest BCUT2D eigenvalue weighted by atomic mass is 19.4. The first kappa shape index (κ1) is 26.5. The molecule has 1 aromatic heterocycles. The summed E-state index contributed by atoms with van der Waals surface area (Å²) in [6.07, 6.45) is -4.70. The first-order valence-corrected chi connectivity index (χ1v) is 12.4. The summed E-state index contributed by atoms with van der Waals surface area (Å²) in [6, 6.07) is 28.9. The minimum atomic E-state index is -4.70. The number of aromatic amines is 1. The normalized spacial score (nSPS) is 11.0. The van der Waals surface area contributed by atoms with E-state index in [-0.39, 0.29) is 29.4 Å². The molecule has 0 bridgehead atoms. The second-order valence-corrected chi connectivity index (χ2v) is 9.13.